The molecule has 5 nitrogen and oxygen atoms in total. The van der Waals surface area contributed by atoms with Gasteiger partial charge >= 0.3 is 6.03 Å². The summed E-state index contributed by atoms with van der Waals surface area (Å²) in [5, 5.41) is 3.52. The molecule has 25 heavy (non-hydrogen) atoms. The van der Waals surface area contributed by atoms with Gasteiger partial charge in [-0.25, -0.2) is 4.79 Å². The number of halogens is 1. The van der Waals surface area contributed by atoms with E-state index in [2.05, 4.69) is 39.4 Å². The molecule has 0 saturated carbocycles. The molecule has 0 aliphatic carbocycles. The van der Waals surface area contributed by atoms with Crippen LogP contribution >= 0.6 is 11.6 Å². The van der Waals surface area contributed by atoms with Gasteiger partial charge in [0.2, 0.25) is 0 Å². The summed E-state index contributed by atoms with van der Waals surface area (Å²) in [4.78, 5) is 18.6. The van der Waals surface area contributed by atoms with E-state index in [0.717, 1.165) is 18.8 Å². The van der Waals surface area contributed by atoms with Crippen molar-refractivity contribution in [1.82, 2.24) is 4.90 Å². The number of rotatable bonds is 3. The summed E-state index contributed by atoms with van der Waals surface area (Å²) in [6, 6.07) is 15.6. The van der Waals surface area contributed by atoms with Gasteiger partial charge in [-0.2, -0.15) is 0 Å². The molecule has 0 spiro atoms. The smallest absolute Gasteiger partial charge is 0.321 e. The van der Waals surface area contributed by atoms with E-state index < -0.39 is 0 Å². The standard InChI is InChI=1S/C19H23ClN4O/c1-22(2)17-6-8-18(9-7-17)23-10-12-24(13-11-23)19(25)21-16-5-3-4-15(20)14-16/h3-9,14H,10-13H2,1-2H3,(H,21,25). The van der Waals surface area contributed by atoms with E-state index in [9.17, 15) is 4.79 Å². The van der Waals surface area contributed by atoms with E-state index >= 15 is 0 Å². The Kier molecular flexibility index (Phi) is 5.34. The number of urea groups is 1. The van der Waals surface area contributed by atoms with Gasteiger partial charge in [-0.15, -0.1) is 0 Å². The van der Waals surface area contributed by atoms with Crippen LogP contribution in [0, 0.1) is 0 Å². The molecule has 0 unspecified atom stereocenters. The summed E-state index contributed by atoms with van der Waals surface area (Å²) in [6.07, 6.45) is 0. The highest BCUT2D eigenvalue weighted by molar-refractivity contribution is 6.30. The molecule has 132 valence electrons. The van der Waals surface area contributed by atoms with Crippen molar-refractivity contribution in [3.8, 4) is 0 Å². The number of hydrogen-bond acceptors (Lipinski definition) is 3. The van der Waals surface area contributed by atoms with Gasteiger partial charge < -0.3 is 20.0 Å². The van der Waals surface area contributed by atoms with Gasteiger partial charge in [0.15, 0.2) is 0 Å². The maximum absolute atomic E-state index is 12.4. The Labute approximate surface area is 153 Å². The lowest BCUT2D eigenvalue weighted by molar-refractivity contribution is 0.208. The molecular weight excluding hydrogens is 336 g/mol. The number of amides is 2. The fourth-order valence-corrected chi connectivity index (χ4v) is 3.09. The second kappa shape index (κ2) is 7.66. The summed E-state index contributed by atoms with van der Waals surface area (Å²) in [6.45, 7) is 3.04. The molecule has 1 saturated heterocycles. The van der Waals surface area contributed by atoms with Crippen molar-refractivity contribution in [3.05, 3.63) is 53.6 Å². The Morgan fingerprint density at radius 3 is 2.32 bits per heavy atom. The Balaban J connectivity index is 1.55. The van der Waals surface area contributed by atoms with Crippen molar-refractivity contribution in [2.75, 3.05) is 55.4 Å². The van der Waals surface area contributed by atoms with Crippen LogP contribution in [0.3, 0.4) is 0 Å². The minimum atomic E-state index is -0.0788. The number of carbonyl (C=O) groups excluding carboxylic acids is 1. The minimum absolute atomic E-state index is 0.0788. The highest BCUT2D eigenvalue weighted by atomic mass is 35.5. The molecule has 1 aliphatic heterocycles. The first-order chi connectivity index (χ1) is 12.0. The van der Waals surface area contributed by atoms with Gasteiger partial charge in [0.25, 0.3) is 0 Å². The number of piperazine rings is 1. The van der Waals surface area contributed by atoms with Gasteiger partial charge in [-0.1, -0.05) is 17.7 Å². The third kappa shape index (κ3) is 4.37. The van der Waals surface area contributed by atoms with Crippen molar-refractivity contribution < 1.29 is 4.79 Å². The van der Waals surface area contributed by atoms with Crippen LogP contribution in [0.15, 0.2) is 48.5 Å². The van der Waals surface area contributed by atoms with Crippen molar-refractivity contribution >= 4 is 34.7 Å². The van der Waals surface area contributed by atoms with Crippen LogP contribution in [0.5, 0.6) is 0 Å². The summed E-state index contributed by atoms with van der Waals surface area (Å²) in [5.74, 6) is 0. The van der Waals surface area contributed by atoms with Crippen LogP contribution in [0.1, 0.15) is 0 Å². The maximum atomic E-state index is 12.4. The van der Waals surface area contributed by atoms with E-state index in [1.54, 1.807) is 12.1 Å². The predicted octanol–water partition coefficient (Wildman–Crippen LogP) is 3.76. The molecule has 6 heteroatoms. The Hall–Kier alpha value is -2.40. The number of carbonyl (C=O) groups is 1. The highest BCUT2D eigenvalue weighted by Crippen LogP contribution is 2.21. The number of benzene rings is 2. The third-order valence-electron chi connectivity index (χ3n) is 4.37. The summed E-state index contributed by atoms with van der Waals surface area (Å²) in [5.41, 5.74) is 3.10. The van der Waals surface area contributed by atoms with E-state index in [1.807, 2.05) is 31.1 Å². The zero-order valence-corrected chi connectivity index (χ0v) is 15.3. The van der Waals surface area contributed by atoms with Gasteiger partial charge in [-0.05, 0) is 42.5 Å². The van der Waals surface area contributed by atoms with Crippen molar-refractivity contribution in [1.29, 1.82) is 0 Å². The van der Waals surface area contributed by atoms with Crippen molar-refractivity contribution in [2.45, 2.75) is 0 Å². The molecule has 1 N–H and O–H groups in total. The molecular formula is C19H23ClN4O. The SMILES string of the molecule is CN(C)c1ccc(N2CCN(C(=O)Nc3cccc(Cl)c3)CC2)cc1. The van der Waals surface area contributed by atoms with E-state index in [1.165, 1.54) is 11.4 Å². The number of nitrogens with one attached hydrogen (secondary N) is 1. The predicted molar refractivity (Wildman–Crippen MR) is 105 cm³/mol. The Bertz CT molecular complexity index is 724. The molecule has 2 aromatic rings. The van der Waals surface area contributed by atoms with Crippen LogP contribution in [-0.2, 0) is 0 Å². The molecule has 2 aromatic carbocycles. The number of nitrogens with zero attached hydrogens (tertiary/aromatic N) is 3. The minimum Gasteiger partial charge on any atom is -0.378 e. The van der Waals surface area contributed by atoms with Crippen LogP contribution in [0.4, 0.5) is 21.9 Å². The van der Waals surface area contributed by atoms with Crippen molar-refractivity contribution in [2.24, 2.45) is 0 Å². The lowest BCUT2D eigenvalue weighted by Gasteiger charge is -2.36. The quantitative estimate of drug-likeness (QED) is 0.908. The second-order valence-electron chi connectivity index (χ2n) is 6.33. The molecule has 3 rings (SSSR count). The maximum Gasteiger partial charge on any atom is 0.321 e. The summed E-state index contributed by atoms with van der Waals surface area (Å²) < 4.78 is 0. The Morgan fingerprint density at radius 2 is 1.72 bits per heavy atom. The monoisotopic (exact) mass is 358 g/mol. The first kappa shape index (κ1) is 17.4. The van der Waals surface area contributed by atoms with Gasteiger partial charge in [0, 0.05) is 62.4 Å². The summed E-state index contributed by atoms with van der Waals surface area (Å²) >= 11 is 5.96. The zero-order valence-electron chi connectivity index (χ0n) is 14.6. The fraction of sp³-hybridized carbons (Fsp3) is 0.316. The summed E-state index contributed by atoms with van der Waals surface area (Å²) in [7, 11) is 4.07. The molecule has 1 heterocycles. The van der Waals surface area contributed by atoms with Gasteiger partial charge in [-0.3, -0.25) is 0 Å². The zero-order chi connectivity index (χ0) is 17.8. The molecule has 0 radical (unpaired) electrons. The number of hydrogen-bond donors (Lipinski definition) is 1. The van der Waals surface area contributed by atoms with E-state index in [4.69, 9.17) is 11.6 Å². The van der Waals surface area contributed by atoms with Gasteiger partial charge in [0.05, 0.1) is 0 Å². The largest absolute Gasteiger partial charge is 0.378 e. The first-order valence-electron chi connectivity index (χ1n) is 8.37. The molecule has 1 fully saturated rings. The molecule has 0 bridgehead atoms. The molecule has 0 aromatic heterocycles. The molecule has 2 amide bonds. The average molecular weight is 359 g/mol. The van der Waals surface area contributed by atoms with Crippen LogP contribution in [0.2, 0.25) is 5.02 Å². The third-order valence-corrected chi connectivity index (χ3v) is 4.61. The van der Waals surface area contributed by atoms with Crippen LogP contribution in [-0.4, -0.2) is 51.2 Å². The van der Waals surface area contributed by atoms with Crippen molar-refractivity contribution in [3.63, 3.8) is 0 Å². The topological polar surface area (TPSA) is 38.8 Å². The lowest BCUT2D eigenvalue weighted by atomic mass is 10.2. The molecule has 1 aliphatic rings. The van der Waals surface area contributed by atoms with Crippen LogP contribution < -0.4 is 15.1 Å². The number of anilines is 3. The van der Waals surface area contributed by atoms with Gasteiger partial charge in [0.1, 0.15) is 0 Å². The van der Waals surface area contributed by atoms with Crippen LogP contribution in [0.25, 0.3) is 0 Å². The second-order valence-corrected chi connectivity index (χ2v) is 6.76. The highest BCUT2D eigenvalue weighted by Gasteiger charge is 2.21. The van der Waals surface area contributed by atoms with E-state index in [0.29, 0.717) is 18.1 Å². The fourth-order valence-electron chi connectivity index (χ4n) is 2.90. The normalized spacial score (nSPS) is 14.4. The Morgan fingerprint density at radius 1 is 1.04 bits per heavy atom. The molecule has 0 atom stereocenters. The first-order valence-corrected chi connectivity index (χ1v) is 8.74. The lowest BCUT2D eigenvalue weighted by Crippen LogP contribution is -2.50. The average Bonchev–Trinajstić information content (AvgIpc) is 2.62. The van der Waals surface area contributed by atoms with E-state index in [-0.39, 0.29) is 6.03 Å².